The summed E-state index contributed by atoms with van der Waals surface area (Å²) in [5, 5.41) is 0.374. The molecule has 1 N–H and O–H groups in total. The average molecular weight is 381 g/mol. The van der Waals surface area contributed by atoms with Crippen molar-refractivity contribution >= 4 is 31.6 Å². The van der Waals surface area contributed by atoms with Crippen LogP contribution in [0.15, 0.2) is 24.3 Å². The second-order valence-electron chi connectivity index (χ2n) is 5.52. The molecule has 1 aliphatic heterocycles. The molecule has 0 amide bonds. The third kappa shape index (κ3) is 5.72. The van der Waals surface area contributed by atoms with Gasteiger partial charge in [0.05, 0.1) is 11.5 Å². The Balaban J connectivity index is 1.88. The first-order chi connectivity index (χ1) is 10.8. The van der Waals surface area contributed by atoms with E-state index in [9.17, 15) is 16.8 Å². The molecule has 0 spiro atoms. The molecule has 0 saturated carbocycles. The van der Waals surface area contributed by atoms with Crippen molar-refractivity contribution in [1.82, 2.24) is 9.03 Å². The highest BCUT2D eigenvalue weighted by Crippen LogP contribution is 2.17. The maximum absolute atomic E-state index is 12.2. The van der Waals surface area contributed by atoms with Crippen LogP contribution in [0.1, 0.15) is 24.8 Å². The van der Waals surface area contributed by atoms with Gasteiger partial charge in [-0.25, -0.2) is 25.9 Å². The Hall–Kier alpha value is -0.670. The van der Waals surface area contributed by atoms with Gasteiger partial charge in [0.15, 0.2) is 0 Å². The Bertz CT molecular complexity index is 729. The van der Waals surface area contributed by atoms with Gasteiger partial charge in [0.1, 0.15) is 0 Å². The molecular weight excluding hydrogens is 360 g/mol. The highest BCUT2D eigenvalue weighted by molar-refractivity contribution is 7.89. The third-order valence-electron chi connectivity index (χ3n) is 3.69. The summed E-state index contributed by atoms with van der Waals surface area (Å²) in [4.78, 5) is 0. The van der Waals surface area contributed by atoms with Gasteiger partial charge in [-0.3, -0.25) is 0 Å². The molecule has 0 atom stereocenters. The minimum Gasteiger partial charge on any atom is -0.214 e. The molecule has 0 aromatic heterocycles. The van der Waals surface area contributed by atoms with Crippen LogP contribution in [0.25, 0.3) is 0 Å². The summed E-state index contributed by atoms with van der Waals surface area (Å²) >= 11 is 5.94. The largest absolute Gasteiger partial charge is 0.215 e. The summed E-state index contributed by atoms with van der Waals surface area (Å²) in [6.07, 6.45) is 2.76. The van der Waals surface area contributed by atoms with E-state index in [0.717, 1.165) is 19.3 Å². The molecule has 1 saturated heterocycles. The molecule has 1 aromatic carbocycles. The van der Waals surface area contributed by atoms with Gasteiger partial charge in [-0.2, -0.15) is 0 Å². The zero-order chi connectivity index (χ0) is 16.9. The van der Waals surface area contributed by atoms with E-state index in [4.69, 9.17) is 11.6 Å². The molecule has 0 radical (unpaired) electrons. The number of piperidine rings is 1. The summed E-state index contributed by atoms with van der Waals surface area (Å²) in [6.45, 7) is 0.912. The minimum absolute atomic E-state index is 0.133. The smallest absolute Gasteiger partial charge is 0.214 e. The zero-order valence-corrected chi connectivity index (χ0v) is 15.1. The molecule has 1 fully saturated rings. The van der Waals surface area contributed by atoms with Gasteiger partial charge < -0.3 is 0 Å². The predicted octanol–water partition coefficient (Wildman–Crippen LogP) is 1.58. The maximum Gasteiger partial charge on any atom is 0.215 e. The third-order valence-corrected chi connectivity index (χ3v) is 7.27. The minimum atomic E-state index is -3.63. The molecule has 0 bridgehead atoms. The van der Waals surface area contributed by atoms with Crippen molar-refractivity contribution in [3.05, 3.63) is 34.9 Å². The molecule has 1 aromatic rings. The van der Waals surface area contributed by atoms with Crippen molar-refractivity contribution < 1.29 is 16.8 Å². The fraction of sp³-hybridized carbons (Fsp3) is 0.571. The number of sulfonamides is 2. The van der Waals surface area contributed by atoms with Gasteiger partial charge in [-0.1, -0.05) is 36.2 Å². The Morgan fingerprint density at radius 3 is 2.35 bits per heavy atom. The summed E-state index contributed by atoms with van der Waals surface area (Å²) in [6, 6.07) is 6.67. The van der Waals surface area contributed by atoms with Crippen molar-refractivity contribution in [2.45, 2.75) is 25.0 Å². The highest BCUT2D eigenvalue weighted by atomic mass is 35.5. The molecule has 130 valence electrons. The Labute approximate surface area is 142 Å². The first kappa shape index (κ1) is 18.7. The maximum atomic E-state index is 12.2. The molecule has 0 aliphatic carbocycles. The molecule has 6 nitrogen and oxygen atoms in total. The Morgan fingerprint density at radius 2 is 1.70 bits per heavy atom. The summed E-state index contributed by atoms with van der Waals surface area (Å²) in [5.41, 5.74) is 0.487. The van der Waals surface area contributed by atoms with Gasteiger partial charge in [0.25, 0.3) is 0 Å². The first-order valence-electron chi connectivity index (χ1n) is 7.49. The number of rotatable bonds is 7. The summed E-state index contributed by atoms with van der Waals surface area (Å²) < 4.78 is 52.2. The van der Waals surface area contributed by atoms with Crippen LogP contribution in [0.2, 0.25) is 5.02 Å². The Morgan fingerprint density at radius 1 is 1.04 bits per heavy atom. The molecule has 1 heterocycles. The van der Waals surface area contributed by atoms with Gasteiger partial charge in [0, 0.05) is 24.7 Å². The van der Waals surface area contributed by atoms with E-state index < -0.39 is 20.0 Å². The Kier molecular flexibility index (Phi) is 6.44. The van der Waals surface area contributed by atoms with Crippen LogP contribution in [0.5, 0.6) is 0 Å². The fourth-order valence-corrected chi connectivity index (χ4v) is 5.49. The van der Waals surface area contributed by atoms with Crippen molar-refractivity contribution in [2.75, 3.05) is 25.4 Å². The van der Waals surface area contributed by atoms with Gasteiger partial charge in [0.2, 0.25) is 20.0 Å². The average Bonchev–Trinajstić information content (AvgIpc) is 2.50. The number of nitrogens with zero attached hydrogens (tertiary/aromatic N) is 1. The SMILES string of the molecule is O=S(=O)(Cc1ccccc1Cl)NCCS(=O)(=O)N1CCCCC1. The molecule has 9 heteroatoms. The molecule has 0 unspecified atom stereocenters. The van der Waals surface area contributed by atoms with E-state index in [1.165, 1.54) is 4.31 Å². The lowest BCUT2D eigenvalue weighted by Crippen LogP contribution is -2.40. The van der Waals surface area contributed by atoms with E-state index >= 15 is 0 Å². The second kappa shape index (κ2) is 7.94. The van der Waals surface area contributed by atoms with Crippen LogP contribution in [0.3, 0.4) is 0 Å². The lowest BCUT2D eigenvalue weighted by atomic mass is 10.2. The van der Waals surface area contributed by atoms with Crippen molar-refractivity contribution in [3.63, 3.8) is 0 Å². The van der Waals surface area contributed by atoms with Gasteiger partial charge >= 0.3 is 0 Å². The van der Waals surface area contributed by atoms with Crippen molar-refractivity contribution in [2.24, 2.45) is 0 Å². The van der Waals surface area contributed by atoms with Crippen molar-refractivity contribution in [3.8, 4) is 0 Å². The predicted molar refractivity (Wildman–Crippen MR) is 91.3 cm³/mol. The second-order valence-corrected chi connectivity index (χ2v) is 9.82. The van der Waals surface area contributed by atoms with Crippen LogP contribution in [0, 0.1) is 0 Å². The quantitative estimate of drug-likeness (QED) is 0.778. The van der Waals surface area contributed by atoms with Gasteiger partial charge in [-0.15, -0.1) is 0 Å². The summed E-state index contributed by atoms with van der Waals surface area (Å²) in [7, 11) is -7.03. The normalized spacial score (nSPS) is 17.3. The van der Waals surface area contributed by atoms with E-state index in [2.05, 4.69) is 4.72 Å². The number of nitrogens with one attached hydrogen (secondary N) is 1. The lowest BCUT2D eigenvalue weighted by Gasteiger charge is -2.25. The van der Waals surface area contributed by atoms with Crippen LogP contribution in [-0.4, -0.2) is 46.5 Å². The number of hydrogen-bond donors (Lipinski definition) is 1. The van der Waals surface area contributed by atoms with Crippen LogP contribution < -0.4 is 4.72 Å². The molecule has 23 heavy (non-hydrogen) atoms. The van der Waals surface area contributed by atoms with Crippen LogP contribution >= 0.6 is 11.6 Å². The fourth-order valence-electron chi connectivity index (χ4n) is 2.47. The van der Waals surface area contributed by atoms with Crippen LogP contribution in [-0.2, 0) is 25.8 Å². The number of hydrogen-bond acceptors (Lipinski definition) is 4. The summed E-state index contributed by atoms with van der Waals surface area (Å²) in [5.74, 6) is -0.495. The van der Waals surface area contributed by atoms with Gasteiger partial charge in [-0.05, 0) is 24.5 Å². The van der Waals surface area contributed by atoms with E-state index in [-0.39, 0.29) is 18.1 Å². The van der Waals surface area contributed by atoms with E-state index in [1.54, 1.807) is 24.3 Å². The topological polar surface area (TPSA) is 83.5 Å². The number of halogens is 1. The van der Waals surface area contributed by atoms with Crippen LogP contribution in [0.4, 0.5) is 0 Å². The lowest BCUT2D eigenvalue weighted by molar-refractivity contribution is 0.346. The van der Waals surface area contributed by atoms with Crippen molar-refractivity contribution in [1.29, 1.82) is 0 Å². The first-order valence-corrected chi connectivity index (χ1v) is 11.1. The molecular formula is C14H21ClN2O4S2. The standard InChI is InChI=1S/C14H21ClN2O4S2/c15-14-7-3-2-6-13(14)12-22(18,19)16-8-11-23(20,21)17-9-4-1-5-10-17/h2-3,6-7,16H,1,4-5,8-12H2. The molecule has 1 aliphatic rings. The number of benzene rings is 1. The van der Waals surface area contributed by atoms with E-state index in [0.29, 0.717) is 23.7 Å². The monoisotopic (exact) mass is 380 g/mol. The highest BCUT2D eigenvalue weighted by Gasteiger charge is 2.24. The molecule has 2 rings (SSSR count). The zero-order valence-electron chi connectivity index (χ0n) is 12.7. The van der Waals surface area contributed by atoms with E-state index in [1.807, 2.05) is 0 Å².